The smallest absolute Gasteiger partial charge is 0.139 e. The molecule has 2 rings (SSSR count). The highest BCUT2D eigenvalue weighted by Crippen LogP contribution is 2.48. The van der Waals surface area contributed by atoms with Gasteiger partial charge in [-0.2, -0.15) is 0 Å². The summed E-state index contributed by atoms with van der Waals surface area (Å²) in [5, 5.41) is 0. The normalized spacial score (nSPS) is 43.4. The molecule has 2 fully saturated rings. The van der Waals surface area contributed by atoms with Gasteiger partial charge in [-0.3, -0.25) is 4.79 Å². The molecule has 2 aliphatic rings. The van der Waals surface area contributed by atoms with Crippen molar-refractivity contribution < 1.29 is 9.53 Å². The van der Waals surface area contributed by atoms with Crippen LogP contribution in [0.1, 0.15) is 45.4 Å². The van der Waals surface area contributed by atoms with E-state index in [0.717, 1.165) is 19.3 Å². The molecule has 2 saturated carbocycles. The lowest BCUT2D eigenvalue weighted by Crippen LogP contribution is -2.48. The van der Waals surface area contributed by atoms with Crippen molar-refractivity contribution in [1.82, 2.24) is 0 Å². The summed E-state index contributed by atoms with van der Waals surface area (Å²) in [6.07, 6.45) is 6.75. The topological polar surface area (TPSA) is 26.3 Å². The van der Waals surface area contributed by atoms with Gasteiger partial charge in [0, 0.05) is 18.9 Å². The molecule has 3 atom stereocenters. The molecule has 0 N–H and O–H groups in total. The highest BCUT2D eigenvalue weighted by atomic mass is 16.5. The number of hydrogen-bond acceptors (Lipinski definition) is 2. The van der Waals surface area contributed by atoms with Gasteiger partial charge in [-0.25, -0.2) is 0 Å². The first kappa shape index (κ1) is 10.2. The third kappa shape index (κ3) is 1.40. The van der Waals surface area contributed by atoms with Crippen LogP contribution in [0.4, 0.5) is 0 Å². The predicted octanol–water partition coefficient (Wildman–Crippen LogP) is 2.56. The van der Waals surface area contributed by atoms with Crippen molar-refractivity contribution in [2.75, 3.05) is 7.11 Å². The average molecular weight is 196 g/mol. The van der Waals surface area contributed by atoms with Gasteiger partial charge < -0.3 is 4.74 Å². The number of ether oxygens (including phenoxy) is 1. The Morgan fingerprint density at radius 2 is 2.14 bits per heavy atom. The molecule has 0 aromatic heterocycles. The highest BCUT2D eigenvalue weighted by Gasteiger charge is 2.48. The second-order valence-electron chi connectivity index (χ2n) is 5.01. The third-order valence-corrected chi connectivity index (χ3v) is 4.32. The maximum absolute atomic E-state index is 12.0. The van der Waals surface area contributed by atoms with Gasteiger partial charge in [-0.1, -0.05) is 19.8 Å². The molecule has 0 amide bonds. The molecule has 0 aromatic carbocycles. The van der Waals surface area contributed by atoms with Crippen LogP contribution in [0.3, 0.4) is 0 Å². The molecule has 14 heavy (non-hydrogen) atoms. The molecule has 2 heteroatoms. The van der Waals surface area contributed by atoms with Gasteiger partial charge in [-0.15, -0.1) is 0 Å². The van der Waals surface area contributed by atoms with Crippen molar-refractivity contribution in [3.63, 3.8) is 0 Å². The molecule has 0 heterocycles. The van der Waals surface area contributed by atoms with Gasteiger partial charge in [0.2, 0.25) is 0 Å². The Bertz CT molecular complexity index is 236. The maximum atomic E-state index is 12.0. The van der Waals surface area contributed by atoms with Crippen molar-refractivity contribution in [2.45, 2.75) is 51.6 Å². The molecule has 2 nitrogen and oxygen atoms in total. The van der Waals surface area contributed by atoms with Crippen LogP contribution in [0, 0.1) is 11.3 Å². The van der Waals surface area contributed by atoms with Crippen LogP contribution < -0.4 is 0 Å². The highest BCUT2D eigenvalue weighted by molar-refractivity contribution is 5.85. The maximum Gasteiger partial charge on any atom is 0.139 e. The molecule has 0 radical (unpaired) electrons. The average Bonchev–Trinajstić information content (AvgIpc) is 2.20. The number of Topliss-reactive ketones (excluding diaryl/α,β-unsaturated/α-hetero) is 1. The second kappa shape index (κ2) is 3.65. The Labute approximate surface area is 86.0 Å². The first-order valence-electron chi connectivity index (χ1n) is 5.74. The lowest BCUT2D eigenvalue weighted by molar-refractivity contribution is -0.146. The zero-order valence-electron chi connectivity index (χ0n) is 9.21. The molecule has 0 aromatic rings. The minimum atomic E-state index is -0.0584. The Morgan fingerprint density at radius 3 is 2.86 bits per heavy atom. The summed E-state index contributed by atoms with van der Waals surface area (Å²) in [4.78, 5) is 12.0. The van der Waals surface area contributed by atoms with Gasteiger partial charge in [0.15, 0.2) is 0 Å². The van der Waals surface area contributed by atoms with E-state index in [1.807, 2.05) is 0 Å². The number of methoxy groups -OCH3 is 1. The Kier molecular flexibility index (Phi) is 2.65. The number of hydrogen-bond donors (Lipinski definition) is 0. The summed E-state index contributed by atoms with van der Waals surface area (Å²) in [7, 11) is 1.79. The fourth-order valence-electron chi connectivity index (χ4n) is 3.35. The third-order valence-electron chi connectivity index (χ3n) is 4.32. The van der Waals surface area contributed by atoms with E-state index in [0.29, 0.717) is 17.8 Å². The molecule has 3 unspecified atom stereocenters. The minimum Gasteiger partial charge on any atom is -0.381 e. The Morgan fingerprint density at radius 1 is 1.36 bits per heavy atom. The van der Waals surface area contributed by atoms with Crippen LogP contribution in [0.15, 0.2) is 0 Å². The van der Waals surface area contributed by atoms with E-state index in [1.165, 1.54) is 19.3 Å². The van der Waals surface area contributed by atoms with Crippen LogP contribution in [-0.2, 0) is 9.53 Å². The number of fused-ring (bicyclic) bond motifs is 1. The molecule has 0 saturated heterocycles. The van der Waals surface area contributed by atoms with Gasteiger partial charge >= 0.3 is 0 Å². The number of carbonyl (C=O) groups is 1. The lowest BCUT2D eigenvalue weighted by atomic mass is 9.59. The van der Waals surface area contributed by atoms with E-state index in [1.54, 1.807) is 7.11 Å². The standard InChI is InChI=1S/C12H20O2/c1-12-8-4-3-5-9(12)10(14-2)6-7-11(12)13/h9-10H,3-8H2,1-2H3. The van der Waals surface area contributed by atoms with E-state index < -0.39 is 0 Å². The first-order chi connectivity index (χ1) is 6.68. The molecular formula is C12H20O2. The van der Waals surface area contributed by atoms with E-state index in [4.69, 9.17) is 4.74 Å². The zero-order chi connectivity index (χ0) is 10.2. The fraction of sp³-hybridized carbons (Fsp3) is 0.917. The summed E-state index contributed by atoms with van der Waals surface area (Å²) in [6.45, 7) is 2.16. The van der Waals surface area contributed by atoms with Crippen LogP contribution in [0.5, 0.6) is 0 Å². The summed E-state index contributed by atoms with van der Waals surface area (Å²) in [5.41, 5.74) is -0.0584. The monoisotopic (exact) mass is 196 g/mol. The molecule has 0 aliphatic heterocycles. The van der Waals surface area contributed by atoms with Crippen LogP contribution in [0.25, 0.3) is 0 Å². The van der Waals surface area contributed by atoms with E-state index >= 15 is 0 Å². The van der Waals surface area contributed by atoms with Crippen molar-refractivity contribution in [3.8, 4) is 0 Å². The molecule has 2 aliphatic carbocycles. The SMILES string of the molecule is COC1CCC(=O)C2(C)CCCCC12. The van der Waals surface area contributed by atoms with Crippen LogP contribution in [0.2, 0.25) is 0 Å². The first-order valence-corrected chi connectivity index (χ1v) is 5.74. The number of rotatable bonds is 1. The van der Waals surface area contributed by atoms with E-state index in [9.17, 15) is 4.79 Å². The second-order valence-corrected chi connectivity index (χ2v) is 5.01. The van der Waals surface area contributed by atoms with Crippen molar-refractivity contribution in [3.05, 3.63) is 0 Å². The molecule has 80 valence electrons. The molecule has 0 bridgehead atoms. The van der Waals surface area contributed by atoms with Gasteiger partial charge in [0.05, 0.1) is 6.10 Å². The Hall–Kier alpha value is -0.370. The lowest BCUT2D eigenvalue weighted by Gasteiger charge is -2.47. The van der Waals surface area contributed by atoms with Gasteiger partial charge in [0.25, 0.3) is 0 Å². The van der Waals surface area contributed by atoms with Gasteiger partial charge in [-0.05, 0) is 25.2 Å². The summed E-state index contributed by atoms with van der Waals surface area (Å²) < 4.78 is 5.52. The minimum absolute atomic E-state index is 0.0584. The molecular weight excluding hydrogens is 176 g/mol. The van der Waals surface area contributed by atoms with Crippen molar-refractivity contribution >= 4 is 5.78 Å². The van der Waals surface area contributed by atoms with Crippen molar-refractivity contribution in [1.29, 1.82) is 0 Å². The van der Waals surface area contributed by atoms with Gasteiger partial charge in [0.1, 0.15) is 5.78 Å². The summed E-state index contributed by atoms with van der Waals surface area (Å²) in [5.74, 6) is 0.970. The predicted molar refractivity (Wildman–Crippen MR) is 55.1 cm³/mol. The zero-order valence-corrected chi connectivity index (χ0v) is 9.21. The molecule has 0 spiro atoms. The summed E-state index contributed by atoms with van der Waals surface area (Å²) >= 11 is 0. The van der Waals surface area contributed by atoms with E-state index in [-0.39, 0.29) is 5.41 Å². The van der Waals surface area contributed by atoms with Crippen LogP contribution >= 0.6 is 0 Å². The Balaban J connectivity index is 2.23. The number of carbonyl (C=O) groups excluding carboxylic acids is 1. The quantitative estimate of drug-likeness (QED) is 0.644. The number of ketones is 1. The van der Waals surface area contributed by atoms with Crippen molar-refractivity contribution in [2.24, 2.45) is 11.3 Å². The van der Waals surface area contributed by atoms with E-state index in [2.05, 4.69) is 6.92 Å². The fourth-order valence-corrected chi connectivity index (χ4v) is 3.35. The largest absolute Gasteiger partial charge is 0.381 e. The van der Waals surface area contributed by atoms with Crippen LogP contribution in [-0.4, -0.2) is 19.0 Å². The summed E-state index contributed by atoms with van der Waals surface area (Å²) in [6, 6.07) is 0.